The lowest BCUT2D eigenvalue weighted by molar-refractivity contribution is -0.114. The zero-order valence-corrected chi connectivity index (χ0v) is 16.7. The van der Waals surface area contributed by atoms with E-state index in [9.17, 15) is 4.79 Å². The minimum Gasteiger partial charge on any atom is -0.489 e. The largest absolute Gasteiger partial charge is 0.489 e. The molecule has 2 aromatic carbocycles. The molecule has 0 aliphatic heterocycles. The van der Waals surface area contributed by atoms with Crippen LogP contribution in [0.15, 0.2) is 61.2 Å². The number of imidazole rings is 1. The number of anilines is 1. The van der Waals surface area contributed by atoms with Crippen LogP contribution >= 0.6 is 0 Å². The fourth-order valence-electron chi connectivity index (χ4n) is 3.27. The number of aromatic nitrogens is 2. The van der Waals surface area contributed by atoms with Crippen molar-refractivity contribution < 1.29 is 9.53 Å². The quantitative estimate of drug-likeness (QED) is 0.627. The number of amides is 1. The standard InChI is InChI=1S/C23H27N3O2/c1-17-4-5-20(18(2)14-17)6-9-23(15-26-13-12-24-16-26)28-22-10-7-21(8-11-22)25-19(3)27/h4-5,7-8,10-14,16,23H,6,9,15H2,1-3H3,(H,25,27). The molecule has 5 nitrogen and oxygen atoms in total. The predicted octanol–water partition coefficient (Wildman–Crippen LogP) is 4.54. The van der Waals surface area contributed by atoms with Crippen molar-refractivity contribution in [3.8, 4) is 5.75 Å². The van der Waals surface area contributed by atoms with Gasteiger partial charge in [-0.15, -0.1) is 0 Å². The van der Waals surface area contributed by atoms with E-state index in [-0.39, 0.29) is 12.0 Å². The predicted molar refractivity (Wildman–Crippen MR) is 112 cm³/mol. The third kappa shape index (κ3) is 5.71. The highest BCUT2D eigenvalue weighted by Gasteiger charge is 2.13. The summed E-state index contributed by atoms with van der Waals surface area (Å²) < 4.78 is 8.31. The summed E-state index contributed by atoms with van der Waals surface area (Å²) in [5.74, 6) is 0.708. The number of carbonyl (C=O) groups is 1. The molecule has 146 valence electrons. The van der Waals surface area contributed by atoms with E-state index in [1.54, 1.807) is 6.20 Å². The van der Waals surface area contributed by atoms with Crippen LogP contribution in [0.4, 0.5) is 5.69 Å². The fourth-order valence-corrected chi connectivity index (χ4v) is 3.27. The second kappa shape index (κ2) is 9.22. The molecular formula is C23H27N3O2. The third-order valence-corrected chi connectivity index (χ3v) is 4.68. The van der Waals surface area contributed by atoms with Crippen molar-refractivity contribution in [2.24, 2.45) is 0 Å². The van der Waals surface area contributed by atoms with Gasteiger partial charge in [0.15, 0.2) is 0 Å². The van der Waals surface area contributed by atoms with Gasteiger partial charge in [0.05, 0.1) is 12.9 Å². The summed E-state index contributed by atoms with van der Waals surface area (Å²) in [5, 5.41) is 2.77. The van der Waals surface area contributed by atoms with Crippen LogP contribution < -0.4 is 10.1 Å². The van der Waals surface area contributed by atoms with Crippen LogP contribution in [0, 0.1) is 13.8 Å². The van der Waals surface area contributed by atoms with Gasteiger partial charge in [-0.25, -0.2) is 4.98 Å². The molecule has 0 bridgehead atoms. The molecule has 28 heavy (non-hydrogen) atoms. The van der Waals surface area contributed by atoms with Crippen LogP contribution in [-0.2, 0) is 17.8 Å². The Balaban J connectivity index is 1.68. The van der Waals surface area contributed by atoms with Gasteiger partial charge < -0.3 is 14.6 Å². The summed E-state index contributed by atoms with van der Waals surface area (Å²) in [7, 11) is 0. The lowest BCUT2D eigenvalue weighted by Gasteiger charge is -2.20. The minimum atomic E-state index is -0.0832. The molecule has 1 heterocycles. The first kappa shape index (κ1) is 19.7. The Hall–Kier alpha value is -3.08. The molecule has 1 N–H and O–H groups in total. The number of hydrogen-bond donors (Lipinski definition) is 1. The molecule has 5 heteroatoms. The minimum absolute atomic E-state index is 0.0153. The highest BCUT2D eigenvalue weighted by Crippen LogP contribution is 2.20. The van der Waals surface area contributed by atoms with Gasteiger partial charge in [-0.05, 0) is 62.1 Å². The molecule has 0 saturated carbocycles. The number of carbonyl (C=O) groups excluding carboxylic acids is 1. The first-order valence-corrected chi connectivity index (χ1v) is 9.56. The Morgan fingerprint density at radius 1 is 1.18 bits per heavy atom. The van der Waals surface area contributed by atoms with Gasteiger partial charge in [0.25, 0.3) is 0 Å². The molecule has 0 fully saturated rings. The number of nitrogens with zero attached hydrogens (tertiary/aromatic N) is 2. The number of benzene rings is 2. The van der Waals surface area contributed by atoms with Gasteiger partial charge in [-0.1, -0.05) is 23.8 Å². The van der Waals surface area contributed by atoms with E-state index in [1.165, 1.54) is 23.6 Å². The maximum Gasteiger partial charge on any atom is 0.221 e. The van der Waals surface area contributed by atoms with Crippen LogP contribution in [0.3, 0.4) is 0 Å². The Morgan fingerprint density at radius 2 is 1.96 bits per heavy atom. The van der Waals surface area contributed by atoms with Crippen LogP contribution in [0.1, 0.15) is 30.0 Å². The van der Waals surface area contributed by atoms with E-state index >= 15 is 0 Å². The fraction of sp³-hybridized carbons (Fsp3) is 0.304. The molecule has 0 aliphatic rings. The van der Waals surface area contributed by atoms with E-state index in [2.05, 4.69) is 42.3 Å². The van der Waals surface area contributed by atoms with Gasteiger partial charge in [-0.3, -0.25) is 4.79 Å². The monoisotopic (exact) mass is 377 g/mol. The van der Waals surface area contributed by atoms with Crippen LogP contribution in [0.5, 0.6) is 5.75 Å². The van der Waals surface area contributed by atoms with Crippen molar-refractivity contribution >= 4 is 11.6 Å². The molecule has 3 rings (SSSR count). The summed E-state index contributed by atoms with van der Waals surface area (Å²) in [6.07, 6.45) is 7.41. The summed E-state index contributed by atoms with van der Waals surface area (Å²) in [6.45, 7) is 6.51. The molecule has 1 amide bonds. The van der Waals surface area contributed by atoms with E-state index < -0.39 is 0 Å². The highest BCUT2D eigenvalue weighted by molar-refractivity contribution is 5.88. The Kier molecular flexibility index (Phi) is 6.48. The molecule has 1 aromatic heterocycles. The van der Waals surface area contributed by atoms with Crippen molar-refractivity contribution in [2.45, 2.75) is 46.3 Å². The van der Waals surface area contributed by atoms with E-state index in [4.69, 9.17) is 4.74 Å². The molecule has 0 saturated heterocycles. The number of rotatable bonds is 8. The van der Waals surface area contributed by atoms with E-state index in [0.29, 0.717) is 0 Å². The molecule has 1 unspecified atom stereocenters. The van der Waals surface area contributed by atoms with Crippen molar-refractivity contribution in [1.29, 1.82) is 0 Å². The molecule has 1 atom stereocenters. The van der Waals surface area contributed by atoms with Crippen molar-refractivity contribution in [3.05, 3.63) is 77.9 Å². The van der Waals surface area contributed by atoms with Gasteiger partial charge >= 0.3 is 0 Å². The second-order valence-corrected chi connectivity index (χ2v) is 7.17. The average molecular weight is 377 g/mol. The third-order valence-electron chi connectivity index (χ3n) is 4.68. The maximum atomic E-state index is 11.2. The van der Waals surface area contributed by atoms with Crippen molar-refractivity contribution in [1.82, 2.24) is 9.55 Å². The van der Waals surface area contributed by atoms with Gasteiger partial charge in [0.2, 0.25) is 5.91 Å². The van der Waals surface area contributed by atoms with Gasteiger partial charge in [0.1, 0.15) is 11.9 Å². The number of ether oxygens (including phenoxy) is 1. The van der Waals surface area contributed by atoms with Crippen LogP contribution in [-0.4, -0.2) is 21.6 Å². The topological polar surface area (TPSA) is 56.1 Å². The summed E-state index contributed by atoms with van der Waals surface area (Å²) >= 11 is 0. The SMILES string of the molecule is CC(=O)Nc1ccc(OC(CCc2ccc(C)cc2C)Cn2ccnc2)cc1. The summed E-state index contributed by atoms with van der Waals surface area (Å²) in [6, 6.07) is 14.1. The molecule has 0 aliphatic carbocycles. The van der Waals surface area contributed by atoms with Crippen LogP contribution in [0.25, 0.3) is 0 Å². The number of hydrogen-bond acceptors (Lipinski definition) is 3. The molecule has 0 radical (unpaired) electrons. The van der Waals surface area contributed by atoms with Crippen molar-refractivity contribution in [3.63, 3.8) is 0 Å². The zero-order chi connectivity index (χ0) is 19.9. The Morgan fingerprint density at radius 3 is 2.61 bits per heavy atom. The van der Waals surface area contributed by atoms with Gasteiger partial charge in [-0.2, -0.15) is 0 Å². The summed E-state index contributed by atoms with van der Waals surface area (Å²) in [5.41, 5.74) is 4.72. The molecule has 3 aromatic rings. The maximum absolute atomic E-state index is 11.2. The van der Waals surface area contributed by atoms with Gasteiger partial charge in [0, 0.05) is 25.0 Å². The Labute approximate surface area is 166 Å². The summed E-state index contributed by atoms with van der Waals surface area (Å²) in [4.78, 5) is 15.3. The number of nitrogens with one attached hydrogen (secondary N) is 1. The molecule has 0 spiro atoms. The second-order valence-electron chi connectivity index (χ2n) is 7.17. The molecular weight excluding hydrogens is 350 g/mol. The highest BCUT2D eigenvalue weighted by atomic mass is 16.5. The number of aryl methyl sites for hydroxylation is 3. The van der Waals surface area contributed by atoms with E-state index in [0.717, 1.165) is 30.8 Å². The smallest absolute Gasteiger partial charge is 0.221 e. The lowest BCUT2D eigenvalue weighted by Crippen LogP contribution is -2.23. The first-order valence-electron chi connectivity index (χ1n) is 9.56. The zero-order valence-electron chi connectivity index (χ0n) is 16.7. The normalized spacial score (nSPS) is 11.8. The lowest BCUT2D eigenvalue weighted by atomic mass is 10.00. The first-order chi connectivity index (χ1) is 13.5. The Bertz CT molecular complexity index is 902. The van der Waals surface area contributed by atoms with E-state index in [1.807, 2.05) is 41.4 Å². The average Bonchev–Trinajstić information content (AvgIpc) is 3.15. The van der Waals surface area contributed by atoms with Crippen molar-refractivity contribution in [2.75, 3.05) is 5.32 Å². The van der Waals surface area contributed by atoms with Crippen LogP contribution in [0.2, 0.25) is 0 Å².